The Morgan fingerprint density at radius 3 is 2.46 bits per heavy atom. The van der Waals surface area contributed by atoms with Gasteiger partial charge in [-0.05, 0) is 43.0 Å². The zero-order valence-electron chi connectivity index (χ0n) is 14.5. The summed E-state index contributed by atoms with van der Waals surface area (Å²) in [6.07, 6.45) is 8.42. The number of carbonyl (C=O) groups is 1. The monoisotopic (exact) mass is 329 g/mol. The Bertz CT molecular complexity index is 560. The Kier molecular flexibility index (Phi) is 13.5. The largest absolute Gasteiger partial charge is 0.502 e. The van der Waals surface area contributed by atoms with E-state index in [9.17, 15) is 0 Å². The summed E-state index contributed by atoms with van der Waals surface area (Å²) in [6, 6.07) is 9.98. The van der Waals surface area contributed by atoms with Crippen molar-refractivity contribution in [3.8, 4) is 11.4 Å². The normalized spacial score (nSPS) is 8.75. The lowest BCUT2D eigenvalue weighted by atomic mass is 10.0. The number of hydrogen-bond donors (Lipinski definition) is 1. The van der Waals surface area contributed by atoms with Crippen molar-refractivity contribution in [2.75, 3.05) is 6.61 Å². The first-order chi connectivity index (χ1) is 11.8. The number of aromatic nitrogens is 2. The number of primary amides is 1. The van der Waals surface area contributed by atoms with Crippen molar-refractivity contribution in [2.45, 2.75) is 33.1 Å². The minimum Gasteiger partial charge on any atom is -0.502 e. The van der Waals surface area contributed by atoms with Gasteiger partial charge in [0, 0.05) is 12.4 Å². The van der Waals surface area contributed by atoms with Crippen LogP contribution in [0, 0.1) is 0 Å². The lowest BCUT2D eigenvalue weighted by Crippen LogP contribution is -1.96. The second-order valence-electron chi connectivity index (χ2n) is 4.36. The lowest BCUT2D eigenvalue weighted by molar-refractivity contribution is -0.106. The smallest absolute Gasteiger partial charge is 0.204 e. The number of ether oxygens (including phenoxy) is 1. The van der Waals surface area contributed by atoms with Crippen LogP contribution in [0.5, 0.6) is 0 Å². The number of aryl methyl sites for hydroxylation is 1. The Morgan fingerprint density at radius 2 is 1.83 bits per heavy atom. The van der Waals surface area contributed by atoms with Crippen LogP contribution in [0.3, 0.4) is 0 Å². The first-order valence-electron chi connectivity index (χ1n) is 8.06. The minimum atomic E-state index is 0.250. The van der Waals surface area contributed by atoms with E-state index in [-0.39, 0.29) is 6.41 Å². The van der Waals surface area contributed by atoms with Crippen molar-refractivity contribution < 1.29 is 9.53 Å². The van der Waals surface area contributed by atoms with Crippen LogP contribution in [0.4, 0.5) is 0 Å². The van der Waals surface area contributed by atoms with Gasteiger partial charge in [0.15, 0.2) is 0 Å². The highest BCUT2D eigenvalue weighted by atomic mass is 16.5. The van der Waals surface area contributed by atoms with Gasteiger partial charge in [-0.15, -0.1) is 0 Å². The highest BCUT2D eigenvalue weighted by molar-refractivity contribution is 5.58. The van der Waals surface area contributed by atoms with Gasteiger partial charge in [-0.25, -0.2) is 0 Å². The highest BCUT2D eigenvalue weighted by Crippen LogP contribution is 2.20. The predicted octanol–water partition coefficient (Wildman–Crippen LogP) is 3.75. The molecule has 130 valence electrons. The zero-order chi connectivity index (χ0) is 18.0. The molecule has 1 amide bonds. The first-order valence-corrected chi connectivity index (χ1v) is 8.06. The Morgan fingerprint density at radius 1 is 1.12 bits per heavy atom. The third-order valence-electron chi connectivity index (χ3n) is 2.87. The molecule has 0 atom stereocenters. The van der Waals surface area contributed by atoms with Gasteiger partial charge >= 0.3 is 0 Å². The summed E-state index contributed by atoms with van der Waals surface area (Å²) >= 11 is 0. The van der Waals surface area contributed by atoms with Gasteiger partial charge in [0.2, 0.25) is 6.41 Å². The minimum absolute atomic E-state index is 0.250. The predicted molar refractivity (Wildman–Crippen MR) is 98.2 cm³/mol. The summed E-state index contributed by atoms with van der Waals surface area (Å²) in [5.74, 6) is 0. The van der Waals surface area contributed by atoms with Crippen LogP contribution in [0.1, 0.15) is 32.3 Å². The maximum atomic E-state index is 8.58. The summed E-state index contributed by atoms with van der Waals surface area (Å²) in [6.45, 7) is 8.25. The molecule has 2 aromatic rings. The summed E-state index contributed by atoms with van der Waals surface area (Å²) in [5, 5.41) is 0. The number of amides is 1. The van der Waals surface area contributed by atoms with Crippen molar-refractivity contribution in [1.82, 2.24) is 9.97 Å². The Balaban J connectivity index is 0.000000952. The molecule has 5 nitrogen and oxygen atoms in total. The number of hydrogen-bond acceptors (Lipinski definition) is 4. The van der Waals surface area contributed by atoms with Crippen LogP contribution in [0.2, 0.25) is 0 Å². The van der Waals surface area contributed by atoms with Gasteiger partial charge < -0.3 is 10.5 Å². The van der Waals surface area contributed by atoms with Crippen LogP contribution < -0.4 is 5.73 Å². The van der Waals surface area contributed by atoms with Crippen molar-refractivity contribution in [2.24, 2.45) is 5.73 Å². The number of pyridine rings is 2. The molecule has 0 radical (unpaired) electrons. The van der Waals surface area contributed by atoms with E-state index in [2.05, 4.69) is 28.3 Å². The number of nitrogens with two attached hydrogens (primary N) is 1. The maximum absolute atomic E-state index is 8.58. The van der Waals surface area contributed by atoms with Crippen molar-refractivity contribution in [3.63, 3.8) is 0 Å². The van der Waals surface area contributed by atoms with E-state index < -0.39 is 0 Å². The standard InChI is InChI=1S/C16H18N2O.C2H6.CH3NO/c1-2-19-13-6-4-8-14-9-7-12-18-16(14)15-10-3-5-11-17-15;1-2;2-1-3/h2-3,5,7,9-12H,1,4,6,8,13H2;1-2H3;1H,(H2,2,3). The summed E-state index contributed by atoms with van der Waals surface area (Å²) in [5.41, 5.74) is 7.31. The summed E-state index contributed by atoms with van der Waals surface area (Å²) < 4.78 is 5.12. The molecule has 0 aliphatic heterocycles. The number of carbonyl (C=O) groups excluding carboxylic acids is 1. The summed E-state index contributed by atoms with van der Waals surface area (Å²) in [7, 11) is 0. The van der Waals surface area contributed by atoms with Gasteiger partial charge in [0.05, 0.1) is 24.3 Å². The van der Waals surface area contributed by atoms with E-state index in [0.717, 1.165) is 37.3 Å². The van der Waals surface area contributed by atoms with E-state index >= 15 is 0 Å². The van der Waals surface area contributed by atoms with Crippen molar-refractivity contribution >= 4 is 6.41 Å². The molecule has 0 fully saturated rings. The van der Waals surface area contributed by atoms with E-state index in [4.69, 9.17) is 9.53 Å². The fraction of sp³-hybridized carbons (Fsp3) is 0.316. The molecule has 2 aromatic heterocycles. The molecule has 0 aliphatic carbocycles. The SMILES string of the molecule is C=COCCCCc1cccnc1-c1ccccn1.CC.NC=O. The van der Waals surface area contributed by atoms with Gasteiger partial charge in [0.1, 0.15) is 0 Å². The fourth-order valence-corrected chi connectivity index (χ4v) is 1.96. The molecule has 24 heavy (non-hydrogen) atoms. The third kappa shape index (κ3) is 8.68. The number of rotatable bonds is 7. The quantitative estimate of drug-likeness (QED) is 0.476. The van der Waals surface area contributed by atoms with E-state index in [1.807, 2.05) is 44.3 Å². The maximum Gasteiger partial charge on any atom is 0.204 e. The number of unbranched alkanes of at least 4 members (excludes halogenated alkanes) is 1. The molecule has 0 saturated carbocycles. The van der Waals surface area contributed by atoms with Gasteiger partial charge in [-0.2, -0.15) is 0 Å². The van der Waals surface area contributed by atoms with E-state index in [1.54, 1.807) is 6.20 Å². The second kappa shape index (κ2) is 15.2. The van der Waals surface area contributed by atoms with E-state index in [1.165, 1.54) is 11.8 Å². The molecule has 2 heterocycles. The molecule has 5 heteroatoms. The van der Waals surface area contributed by atoms with Gasteiger partial charge in [0.25, 0.3) is 0 Å². The molecule has 2 N–H and O–H groups in total. The Labute approximate surface area is 144 Å². The molecule has 2 rings (SSSR count). The number of nitrogens with zero attached hydrogens (tertiary/aromatic N) is 2. The molecule has 0 aromatic carbocycles. The van der Waals surface area contributed by atoms with Crippen molar-refractivity contribution in [1.29, 1.82) is 0 Å². The van der Waals surface area contributed by atoms with Crippen LogP contribution in [0.25, 0.3) is 11.4 Å². The molecule has 0 unspecified atom stereocenters. The molecular weight excluding hydrogens is 302 g/mol. The molecular formula is C19H27N3O2. The Hall–Kier alpha value is -2.69. The zero-order valence-corrected chi connectivity index (χ0v) is 14.5. The van der Waals surface area contributed by atoms with Crippen molar-refractivity contribution in [3.05, 3.63) is 61.1 Å². The third-order valence-corrected chi connectivity index (χ3v) is 2.87. The molecule has 0 spiro atoms. The van der Waals surface area contributed by atoms with Gasteiger partial charge in [-0.1, -0.05) is 32.6 Å². The van der Waals surface area contributed by atoms with Crippen LogP contribution in [-0.4, -0.2) is 23.0 Å². The first kappa shape index (κ1) is 21.3. The van der Waals surface area contributed by atoms with Crippen LogP contribution in [-0.2, 0) is 16.0 Å². The lowest BCUT2D eigenvalue weighted by Gasteiger charge is -2.07. The molecule has 0 saturated heterocycles. The summed E-state index contributed by atoms with van der Waals surface area (Å²) in [4.78, 5) is 17.4. The fourth-order valence-electron chi connectivity index (χ4n) is 1.96. The van der Waals surface area contributed by atoms with Gasteiger partial charge in [-0.3, -0.25) is 14.8 Å². The molecule has 0 bridgehead atoms. The van der Waals surface area contributed by atoms with E-state index in [0.29, 0.717) is 0 Å². The van der Waals surface area contributed by atoms with Crippen LogP contribution in [0.15, 0.2) is 55.6 Å². The second-order valence-corrected chi connectivity index (χ2v) is 4.36. The highest BCUT2D eigenvalue weighted by Gasteiger charge is 2.06. The topological polar surface area (TPSA) is 78.1 Å². The van der Waals surface area contributed by atoms with Crippen LogP contribution >= 0.6 is 0 Å². The average molecular weight is 329 g/mol. The molecule has 0 aliphatic rings. The average Bonchev–Trinajstić information content (AvgIpc) is 2.65.